The number of carbonyl (C=O) groups is 1. The van der Waals surface area contributed by atoms with Gasteiger partial charge < -0.3 is 10.6 Å². The molecule has 0 aliphatic heterocycles. The third-order valence-corrected chi connectivity index (χ3v) is 1.25. The van der Waals surface area contributed by atoms with E-state index in [9.17, 15) is 4.79 Å². The maximum atomic E-state index is 10.6. The van der Waals surface area contributed by atoms with Crippen molar-refractivity contribution in [2.24, 2.45) is 0 Å². The zero-order valence-corrected chi connectivity index (χ0v) is 6.74. The van der Waals surface area contributed by atoms with Crippen LogP contribution in [0.4, 0.5) is 0 Å². The molecule has 0 unspecified atom stereocenters. The Morgan fingerprint density at radius 3 is 2.60 bits per heavy atom. The van der Waals surface area contributed by atoms with Gasteiger partial charge in [-0.25, -0.2) is 0 Å². The van der Waals surface area contributed by atoms with Crippen molar-refractivity contribution >= 4 is 5.91 Å². The molecule has 0 rings (SSSR count). The SMILES string of the molecule is CCC(=O)NCCCNC. The average Bonchev–Trinajstić information content (AvgIpc) is 1.98. The van der Waals surface area contributed by atoms with Crippen molar-refractivity contribution in [1.82, 2.24) is 10.6 Å². The van der Waals surface area contributed by atoms with Gasteiger partial charge in [0.25, 0.3) is 0 Å². The predicted molar refractivity (Wildman–Crippen MR) is 41.8 cm³/mol. The average molecular weight is 144 g/mol. The van der Waals surface area contributed by atoms with Crippen molar-refractivity contribution in [2.75, 3.05) is 20.1 Å². The molecule has 0 fully saturated rings. The molecular formula is C7H16N2O. The fraction of sp³-hybridized carbons (Fsp3) is 0.857. The monoisotopic (exact) mass is 144 g/mol. The Hall–Kier alpha value is -0.570. The molecule has 0 atom stereocenters. The Morgan fingerprint density at radius 1 is 1.40 bits per heavy atom. The first-order chi connectivity index (χ1) is 4.81. The Labute approximate surface area is 62.2 Å². The molecule has 0 saturated carbocycles. The van der Waals surface area contributed by atoms with Gasteiger partial charge in [-0.2, -0.15) is 0 Å². The Balaban J connectivity index is 2.96. The highest BCUT2D eigenvalue weighted by Gasteiger charge is 1.92. The topological polar surface area (TPSA) is 41.1 Å². The van der Waals surface area contributed by atoms with Crippen LogP contribution in [0.1, 0.15) is 19.8 Å². The van der Waals surface area contributed by atoms with Gasteiger partial charge in [-0.05, 0) is 20.0 Å². The Kier molecular flexibility index (Phi) is 6.18. The van der Waals surface area contributed by atoms with Crippen LogP contribution in [0.2, 0.25) is 0 Å². The molecule has 10 heavy (non-hydrogen) atoms. The molecule has 0 aliphatic carbocycles. The van der Waals surface area contributed by atoms with E-state index >= 15 is 0 Å². The van der Waals surface area contributed by atoms with Crippen LogP contribution < -0.4 is 10.6 Å². The molecule has 0 radical (unpaired) electrons. The van der Waals surface area contributed by atoms with Crippen LogP contribution in [0.25, 0.3) is 0 Å². The van der Waals surface area contributed by atoms with Crippen LogP contribution in [0.3, 0.4) is 0 Å². The minimum atomic E-state index is 0.135. The van der Waals surface area contributed by atoms with Crippen LogP contribution >= 0.6 is 0 Å². The van der Waals surface area contributed by atoms with E-state index in [-0.39, 0.29) is 5.91 Å². The van der Waals surface area contributed by atoms with Crippen LogP contribution in [0, 0.1) is 0 Å². The van der Waals surface area contributed by atoms with E-state index < -0.39 is 0 Å². The van der Waals surface area contributed by atoms with Crippen LogP contribution in [-0.2, 0) is 4.79 Å². The van der Waals surface area contributed by atoms with Gasteiger partial charge in [-0.15, -0.1) is 0 Å². The fourth-order valence-corrected chi connectivity index (χ4v) is 0.618. The van der Waals surface area contributed by atoms with E-state index in [0.717, 1.165) is 19.5 Å². The van der Waals surface area contributed by atoms with Gasteiger partial charge in [0.2, 0.25) is 5.91 Å². The summed E-state index contributed by atoms with van der Waals surface area (Å²) in [6.07, 6.45) is 1.59. The van der Waals surface area contributed by atoms with E-state index in [4.69, 9.17) is 0 Å². The van der Waals surface area contributed by atoms with Gasteiger partial charge in [0, 0.05) is 13.0 Å². The Morgan fingerprint density at radius 2 is 2.10 bits per heavy atom. The summed E-state index contributed by atoms with van der Waals surface area (Å²) in [6, 6.07) is 0. The highest BCUT2D eigenvalue weighted by molar-refractivity contribution is 5.75. The predicted octanol–water partition coefficient (Wildman–Crippen LogP) is 0.122. The second kappa shape index (κ2) is 6.55. The maximum Gasteiger partial charge on any atom is 0.219 e. The highest BCUT2D eigenvalue weighted by atomic mass is 16.1. The van der Waals surface area contributed by atoms with Crippen LogP contribution in [0.5, 0.6) is 0 Å². The zero-order chi connectivity index (χ0) is 7.82. The van der Waals surface area contributed by atoms with E-state index in [1.54, 1.807) is 0 Å². The smallest absolute Gasteiger partial charge is 0.219 e. The van der Waals surface area contributed by atoms with Crippen molar-refractivity contribution in [3.8, 4) is 0 Å². The zero-order valence-electron chi connectivity index (χ0n) is 6.74. The lowest BCUT2D eigenvalue weighted by Crippen LogP contribution is -2.25. The third kappa shape index (κ3) is 5.56. The first-order valence-electron chi connectivity index (χ1n) is 3.72. The third-order valence-electron chi connectivity index (χ3n) is 1.25. The minimum Gasteiger partial charge on any atom is -0.356 e. The van der Waals surface area contributed by atoms with Crippen molar-refractivity contribution in [2.45, 2.75) is 19.8 Å². The minimum absolute atomic E-state index is 0.135. The molecule has 0 aromatic carbocycles. The van der Waals surface area contributed by atoms with Gasteiger partial charge >= 0.3 is 0 Å². The molecule has 0 heterocycles. The maximum absolute atomic E-state index is 10.6. The number of hydrogen-bond donors (Lipinski definition) is 2. The molecule has 0 aromatic heterocycles. The second-order valence-electron chi connectivity index (χ2n) is 2.16. The fourth-order valence-electron chi connectivity index (χ4n) is 0.618. The van der Waals surface area contributed by atoms with Gasteiger partial charge in [-0.1, -0.05) is 6.92 Å². The second-order valence-corrected chi connectivity index (χ2v) is 2.16. The first-order valence-corrected chi connectivity index (χ1v) is 3.72. The number of nitrogens with one attached hydrogen (secondary N) is 2. The number of amides is 1. The standard InChI is InChI=1S/C7H16N2O/c1-3-7(10)9-6-4-5-8-2/h8H,3-6H2,1-2H3,(H,9,10). The van der Waals surface area contributed by atoms with E-state index in [1.165, 1.54) is 0 Å². The lowest BCUT2D eigenvalue weighted by molar-refractivity contribution is -0.120. The van der Waals surface area contributed by atoms with Gasteiger partial charge in [0.1, 0.15) is 0 Å². The van der Waals surface area contributed by atoms with Crippen LogP contribution in [0.15, 0.2) is 0 Å². The van der Waals surface area contributed by atoms with E-state index in [0.29, 0.717) is 6.42 Å². The van der Waals surface area contributed by atoms with E-state index in [2.05, 4.69) is 10.6 Å². The van der Waals surface area contributed by atoms with Crippen LogP contribution in [-0.4, -0.2) is 26.0 Å². The molecule has 3 nitrogen and oxygen atoms in total. The van der Waals surface area contributed by atoms with Crippen molar-refractivity contribution < 1.29 is 4.79 Å². The molecule has 2 N–H and O–H groups in total. The summed E-state index contributed by atoms with van der Waals surface area (Å²) in [4.78, 5) is 10.6. The summed E-state index contributed by atoms with van der Waals surface area (Å²) in [5.41, 5.74) is 0. The molecular weight excluding hydrogens is 128 g/mol. The van der Waals surface area contributed by atoms with Gasteiger partial charge in [0.15, 0.2) is 0 Å². The summed E-state index contributed by atoms with van der Waals surface area (Å²) in [7, 11) is 1.90. The number of carbonyl (C=O) groups excluding carboxylic acids is 1. The summed E-state index contributed by atoms with van der Waals surface area (Å²) in [5, 5.41) is 5.80. The molecule has 0 bridgehead atoms. The highest BCUT2D eigenvalue weighted by Crippen LogP contribution is 1.76. The van der Waals surface area contributed by atoms with E-state index in [1.807, 2.05) is 14.0 Å². The first kappa shape index (κ1) is 9.43. The quantitative estimate of drug-likeness (QED) is 0.538. The molecule has 0 spiro atoms. The molecule has 0 aromatic rings. The lowest BCUT2D eigenvalue weighted by atomic mass is 10.4. The molecule has 60 valence electrons. The summed E-state index contributed by atoms with van der Waals surface area (Å²) < 4.78 is 0. The lowest BCUT2D eigenvalue weighted by Gasteiger charge is -2.01. The van der Waals surface area contributed by atoms with Gasteiger partial charge in [0.05, 0.1) is 0 Å². The Bertz CT molecular complexity index is 93.6. The number of hydrogen-bond acceptors (Lipinski definition) is 2. The molecule has 0 saturated heterocycles. The van der Waals surface area contributed by atoms with Crippen molar-refractivity contribution in [1.29, 1.82) is 0 Å². The van der Waals surface area contributed by atoms with Gasteiger partial charge in [-0.3, -0.25) is 4.79 Å². The summed E-state index contributed by atoms with van der Waals surface area (Å²) >= 11 is 0. The summed E-state index contributed by atoms with van der Waals surface area (Å²) in [6.45, 7) is 3.60. The molecule has 3 heteroatoms. The molecule has 0 aliphatic rings. The number of rotatable bonds is 5. The van der Waals surface area contributed by atoms with Crippen molar-refractivity contribution in [3.05, 3.63) is 0 Å². The summed E-state index contributed by atoms with van der Waals surface area (Å²) in [5.74, 6) is 0.135. The normalized spacial score (nSPS) is 9.40. The molecule has 1 amide bonds. The van der Waals surface area contributed by atoms with Crippen molar-refractivity contribution in [3.63, 3.8) is 0 Å². The largest absolute Gasteiger partial charge is 0.356 e.